The third-order valence-corrected chi connectivity index (χ3v) is 4.42. The standard InChI is InChI=1S/C18H30ClN4/c1-2-3-4-5-7-10-17(21)13-18(16(14-19)15-20)22-23-11-8-6-9-12-23/h6,8-9,11-12,16-18,22H,2-5,7,10,13-14,21H2,1H3/q+1. The Kier molecular flexibility index (Phi) is 10.4. The first-order valence-corrected chi connectivity index (χ1v) is 9.18. The Bertz CT molecular complexity index is 446. The van der Waals surface area contributed by atoms with E-state index >= 15 is 0 Å². The lowest BCUT2D eigenvalue weighted by Gasteiger charge is -2.22. The van der Waals surface area contributed by atoms with Gasteiger partial charge in [0.25, 0.3) is 0 Å². The van der Waals surface area contributed by atoms with Crippen LogP contribution in [0.25, 0.3) is 0 Å². The van der Waals surface area contributed by atoms with Gasteiger partial charge in [-0.25, -0.2) is 0 Å². The molecule has 0 amide bonds. The SMILES string of the molecule is CCCCCCCC(N)CC(N[n+]1ccccc1)C(C#N)CCl. The van der Waals surface area contributed by atoms with E-state index in [9.17, 15) is 5.26 Å². The summed E-state index contributed by atoms with van der Waals surface area (Å²) >= 11 is 5.96. The molecule has 3 N–H and O–H groups in total. The summed E-state index contributed by atoms with van der Waals surface area (Å²) in [5.41, 5.74) is 9.64. The maximum absolute atomic E-state index is 9.34. The van der Waals surface area contributed by atoms with Gasteiger partial charge in [-0.3, -0.25) is 0 Å². The molecule has 0 saturated heterocycles. The van der Waals surface area contributed by atoms with Gasteiger partial charge < -0.3 is 5.73 Å². The zero-order valence-electron chi connectivity index (χ0n) is 14.1. The molecule has 1 heterocycles. The van der Waals surface area contributed by atoms with Crippen LogP contribution in [0.2, 0.25) is 0 Å². The van der Waals surface area contributed by atoms with Crippen LogP contribution < -0.4 is 15.8 Å². The summed E-state index contributed by atoms with van der Waals surface area (Å²) in [5.74, 6) is 0.0561. The van der Waals surface area contributed by atoms with Crippen molar-refractivity contribution < 1.29 is 4.68 Å². The molecule has 0 aliphatic heterocycles. The Balaban J connectivity index is 2.50. The summed E-state index contributed by atoms with van der Waals surface area (Å²) in [7, 11) is 0. The van der Waals surface area contributed by atoms with Crippen molar-refractivity contribution in [3.63, 3.8) is 0 Å². The fraction of sp³-hybridized carbons (Fsp3) is 0.667. The molecule has 0 fully saturated rings. The maximum Gasteiger partial charge on any atom is 0.199 e. The second kappa shape index (κ2) is 12.2. The predicted molar refractivity (Wildman–Crippen MR) is 95.6 cm³/mol. The molecule has 0 spiro atoms. The normalized spacial score (nSPS) is 14.7. The number of halogens is 1. The van der Waals surface area contributed by atoms with Gasteiger partial charge in [0.2, 0.25) is 0 Å². The fourth-order valence-electron chi connectivity index (χ4n) is 2.67. The van der Waals surface area contributed by atoms with E-state index in [1.807, 2.05) is 35.3 Å². The quantitative estimate of drug-likeness (QED) is 0.349. The Labute approximate surface area is 145 Å². The molecule has 23 heavy (non-hydrogen) atoms. The predicted octanol–water partition coefficient (Wildman–Crippen LogP) is 3.34. The van der Waals surface area contributed by atoms with Crippen LogP contribution in [-0.2, 0) is 0 Å². The fourth-order valence-corrected chi connectivity index (χ4v) is 2.95. The molecule has 5 heteroatoms. The van der Waals surface area contributed by atoms with Gasteiger partial charge in [-0.2, -0.15) is 10.7 Å². The molecule has 0 aliphatic carbocycles. The average Bonchev–Trinajstić information content (AvgIpc) is 2.56. The highest BCUT2D eigenvalue weighted by Gasteiger charge is 2.26. The number of nitrogens with one attached hydrogen (secondary N) is 1. The number of pyridine rings is 1. The van der Waals surface area contributed by atoms with Gasteiger partial charge in [0.15, 0.2) is 12.4 Å². The number of unbranched alkanes of at least 4 members (excludes halogenated alkanes) is 4. The minimum absolute atomic E-state index is 0.0458. The van der Waals surface area contributed by atoms with Gasteiger partial charge in [0.1, 0.15) is 0 Å². The second-order valence-corrected chi connectivity index (χ2v) is 6.42. The van der Waals surface area contributed by atoms with Gasteiger partial charge in [0.05, 0.1) is 18.0 Å². The molecular formula is C18H30ClN4+. The molecule has 4 nitrogen and oxygen atoms in total. The van der Waals surface area contributed by atoms with Crippen LogP contribution >= 0.6 is 11.6 Å². The third-order valence-electron chi connectivity index (χ3n) is 4.08. The Morgan fingerprint density at radius 2 is 1.87 bits per heavy atom. The molecule has 3 atom stereocenters. The zero-order chi connectivity index (χ0) is 16.9. The molecule has 3 unspecified atom stereocenters. The summed E-state index contributed by atoms with van der Waals surface area (Å²) in [5, 5.41) is 9.34. The lowest BCUT2D eigenvalue weighted by atomic mass is 9.94. The van der Waals surface area contributed by atoms with E-state index < -0.39 is 0 Å². The summed E-state index contributed by atoms with van der Waals surface area (Å²) in [4.78, 5) is 0. The minimum atomic E-state index is -0.254. The largest absolute Gasteiger partial charge is 0.328 e. The zero-order valence-corrected chi connectivity index (χ0v) is 14.9. The average molecular weight is 338 g/mol. The van der Waals surface area contributed by atoms with Crippen molar-refractivity contribution in [3.8, 4) is 6.07 Å². The number of alkyl halides is 1. The van der Waals surface area contributed by atoms with Crippen LogP contribution in [0.4, 0.5) is 0 Å². The van der Waals surface area contributed by atoms with Crippen molar-refractivity contribution in [3.05, 3.63) is 30.6 Å². The highest BCUT2D eigenvalue weighted by Crippen LogP contribution is 2.15. The molecule has 1 aromatic rings. The molecular weight excluding hydrogens is 308 g/mol. The number of nitrogens with zero attached hydrogens (tertiary/aromatic N) is 2. The lowest BCUT2D eigenvalue weighted by molar-refractivity contribution is -0.654. The van der Waals surface area contributed by atoms with E-state index in [-0.39, 0.29) is 18.0 Å². The van der Waals surface area contributed by atoms with Gasteiger partial charge in [-0.15, -0.1) is 11.6 Å². The van der Waals surface area contributed by atoms with Crippen molar-refractivity contribution in [1.82, 2.24) is 0 Å². The first-order valence-electron chi connectivity index (χ1n) is 8.65. The van der Waals surface area contributed by atoms with Gasteiger partial charge >= 0.3 is 0 Å². The van der Waals surface area contributed by atoms with Gasteiger partial charge in [-0.1, -0.05) is 49.8 Å². The first kappa shape index (κ1) is 19.7. The Hall–Kier alpha value is -1.31. The molecule has 128 valence electrons. The number of nitrogens with two attached hydrogens (primary N) is 1. The van der Waals surface area contributed by atoms with E-state index in [2.05, 4.69) is 18.4 Å². The van der Waals surface area contributed by atoms with Crippen LogP contribution in [0, 0.1) is 17.2 Å². The lowest BCUT2D eigenvalue weighted by Crippen LogP contribution is -2.53. The minimum Gasteiger partial charge on any atom is -0.328 e. The van der Waals surface area contributed by atoms with Crippen molar-refractivity contribution in [2.24, 2.45) is 11.7 Å². The summed E-state index contributed by atoms with van der Waals surface area (Å²) in [6.07, 6.45) is 11.8. The van der Waals surface area contributed by atoms with E-state index in [1.54, 1.807) is 0 Å². The van der Waals surface area contributed by atoms with Gasteiger partial charge in [0, 0.05) is 24.1 Å². The van der Waals surface area contributed by atoms with Crippen molar-refractivity contribution >= 4 is 11.6 Å². The molecule has 1 aromatic heterocycles. The van der Waals surface area contributed by atoms with E-state index in [4.69, 9.17) is 17.3 Å². The highest BCUT2D eigenvalue weighted by molar-refractivity contribution is 6.18. The van der Waals surface area contributed by atoms with Crippen molar-refractivity contribution in [2.75, 3.05) is 11.3 Å². The van der Waals surface area contributed by atoms with Crippen LogP contribution in [0.3, 0.4) is 0 Å². The van der Waals surface area contributed by atoms with Crippen molar-refractivity contribution in [1.29, 1.82) is 5.26 Å². The monoisotopic (exact) mass is 337 g/mol. The highest BCUT2D eigenvalue weighted by atomic mass is 35.5. The molecule has 0 saturated carbocycles. The summed E-state index contributed by atoms with van der Waals surface area (Å²) in [6.45, 7) is 2.22. The van der Waals surface area contributed by atoms with Crippen molar-refractivity contribution in [2.45, 2.75) is 64.0 Å². The summed E-state index contributed by atoms with van der Waals surface area (Å²) in [6, 6.07) is 8.19. The Morgan fingerprint density at radius 3 is 2.48 bits per heavy atom. The number of hydrogen-bond donors (Lipinski definition) is 2. The third kappa shape index (κ3) is 8.20. The molecule has 0 aliphatic rings. The topological polar surface area (TPSA) is 65.7 Å². The molecule has 1 rings (SSSR count). The Morgan fingerprint density at radius 1 is 1.17 bits per heavy atom. The van der Waals surface area contributed by atoms with E-state index in [0.29, 0.717) is 5.88 Å². The number of rotatable bonds is 12. The molecule has 0 bridgehead atoms. The smallest absolute Gasteiger partial charge is 0.199 e. The van der Waals surface area contributed by atoms with Crippen LogP contribution in [0.5, 0.6) is 0 Å². The van der Waals surface area contributed by atoms with Crippen LogP contribution in [0.15, 0.2) is 30.6 Å². The number of hydrogen-bond acceptors (Lipinski definition) is 3. The second-order valence-electron chi connectivity index (χ2n) is 6.11. The number of nitriles is 1. The maximum atomic E-state index is 9.34. The molecule has 0 aromatic carbocycles. The van der Waals surface area contributed by atoms with E-state index in [1.165, 1.54) is 25.7 Å². The van der Waals surface area contributed by atoms with E-state index in [0.717, 1.165) is 19.3 Å². The van der Waals surface area contributed by atoms with Crippen LogP contribution in [-0.4, -0.2) is 18.0 Å². The summed E-state index contributed by atoms with van der Waals surface area (Å²) < 4.78 is 1.87. The molecule has 0 radical (unpaired) electrons. The van der Waals surface area contributed by atoms with Gasteiger partial charge in [-0.05, 0) is 12.8 Å². The number of aromatic nitrogens is 1. The first-order chi connectivity index (χ1) is 11.2. The van der Waals surface area contributed by atoms with Crippen LogP contribution in [0.1, 0.15) is 51.9 Å².